The number of carboxylic acids is 1. The minimum absolute atomic E-state index is 0.0362. The summed E-state index contributed by atoms with van der Waals surface area (Å²) in [5, 5.41) is 9.47. The highest BCUT2D eigenvalue weighted by atomic mass is 35.5. The summed E-state index contributed by atoms with van der Waals surface area (Å²) in [6, 6.07) is 12.0. The molecule has 0 saturated heterocycles. The molecule has 2 aromatic rings. The topological polar surface area (TPSA) is 63.6 Å². The van der Waals surface area contributed by atoms with Crippen LogP contribution in [0.25, 0.3) is 5.76 Å². The van der Waals surface area contributed by atoms with Crippen molar-refractivity contribution >= 4 is 29.1 Å². The van der Waals surface area contributed by atoms with E-state index in [0.29, 0.717) is 21.9 Å². The van der Waals surface area contributed by atoms with Gasteiger partial charge in [-0.3, -0.25) is 9.59 Å². The van der Waals surface area contributed by atoms with Crippen molar-refractivity contribution in [3.63, 3.8) is 0 Å². The zero-order chi connectivity index (χ0) is 19.1. The molecule has 0 spiro atoms. The summed E-state index contributed by atoms with van der Waals surface area (Å²) in [7, 11) is 0. The normalized spacial score (nSPS) is 11.6. The minimum atomic E-state index is -0.982. The maximum absolute atomic E-state index is 13.0. The van der Waals surface area contributed by atoms with E-state index < -0.39 is 17.9 Å². The number of carbonyl (C=O) groups excluding carboxylic acids is 1. The highest BCUT2D eigenvalue weighted by Crippen LogP contribution is 2.22. The van der Waals surface area contributed by atoms with Gasteiger partial charge in [-0.25, -0.2) is 4.39 Å². The van der Waals surface area contributed by atoms with Crippen LogP contribution in [0, 0.1) is 5.82 Å². The fourth-order valence-electron chi connectivity index (χ4n) is 2.35. The predicted molar refractivity (Wildman–Crippen MR) is 97.6 cm³/mol. The molecule has 2 aromatic carbocycles. The first-order chi connectivity index (χ1) is 12.3. The molecule has 2 rings (SSSR count). The second-order valence-electron chi connectivity index (χ2n) is 5.74. The van der Waals surface area contributed by atoms with Crippen molar-refractivity contribution in [3.8, 4) is 0 Å². The molecule has 1 N–H and O–H groups in total. The smallest absolute Gasteiger partial charge is 0.303 e. The zero-order valence-corrected chi connectivity index (χ0v) is 14.7. The number of rotatable bonds is 9. The van der Waals surface area contributed by atoms with Gasteiger partial charge in [-0.15, -0.1) is 0 Å². The van der Waals surface area contributed by atoms with Gasteiger partial charge in [0.1, 0.15) is 17.7 Å². The van der Waals surface area contributed by atoms with Crippen LogP contribution >= 0.6 is 11.6 Å². The van der Waals surface area contributed by atoms with Gasteiger partial charge in [0.2, 0.25) is 0 Å². The molecule has 0 fully saturated rings. The monoisotopic (exact) mass is 376 g/mol. The van der Waals surface area contributed by atoms with Crippen LogP contribution < -0.4 is 0 Å². The molecule has 0 heterocycles. The number of carboxylic acid groups (broad SMARTS) is 1. The standard InChI is InChI=1S/C20H18ClFO4/c1-13(14-2-6-16(21)7-3-14)26-18(10-11-20(24)25)12-19(23)15-4-8-17(22)9-5-15/h2-9,18H,1,10-12H2,(H,24,25). The molecule has 136 valence electrons. The molecule has 1 atom stereocenters. The zero-order valence-electron chi connectivity index (χ0n) is 14.0. The average molecular weight is 377 g/mol. The van der Waals surface area contributed by atoms with E-state index in [4.69, 9.17) is 21.4 Å². The third kappa shape index (κ3) is 6.01. The molecular formula is C20H18ClFO4. The summed E-state index contributed by atoms with van der Waals surface area (Å²) in [4.78, 5) is 23.2. The van der Waals surface area contributed by atoms with Crippen LogP contribution in [0.2, 0.25) is 5.02 Å². The van der Waals surface area contributed by atoms with Gasteiger partial charge in [0.05, 0.1) is 0 Å². The van der Waals surface area contributed by atoms with Crippen LogP contribution in [-0.4, -0.2) is 23.0 Å². The van der Waals surface area contributed by atoms with Gasteiger partial charge in [-0.2, -0.15) is 0 Å². The molecule has 0 amide bonds. The lowest BCUT2D eigenvalue weighted by Gasteiger charge is -2.20. The van der Waals surface area contributed by atoms with Crippen molar-refractivity contribution in [2.75, 3.05) is 0 Å². The Morgan fingerprint density at radius 1 is 1.08 bits per heavy atom. The van der Waals surface area contributed by atoms with Crippen molar-refractivity contribution in [2.45, 2.75) is 25.4 Å². The van der Waals surface area contributed by atoms with Crippen molar-refractivity contribution in [2.24, 2.45) is 0 Å². The molecule has 0 aliphatic rings. The van der Waals surface area contributed by atoms with E-state index in [1.165, 1.54) is 24.3 Å². The minimum Gasteiger partial charge on any atom is -0.490 e. The molecule has 0 aliphatic carbocycles. The van der Waals surface area contributed by atoms with E-state index in [9.17, 15) is 14.0 Å². The van der Waals surface area contributed by atoms with Crippen LogP contribution in [0.1, 0.15) is 35.2 Å². The lowest BCUT2D eigenvalue weighted by atomic mass is 10.0. The van der Waals surface area contributed by atoms with Gasteiger partial charge in [0.25, 0.3) is 0 Å². The fraction of sp³-hybridized carbons (Fsp3) is 0.200. The van der Waals surface area contributed by atoms with E-state index in [-0.39, 0.29) is 25.0 Å². The summed E-state index contributed by atoms with van der Waals surface area (Å²) in [6.07, 6.45) is -0.692. The van der Waals surface area contributed by atoms with Gasteiger partial charge in [0.15, 0.2) is 5.78 Å². The first-order valence-corrected chi connectivity index (χ1v) is 8.35. The van der Waals surface area contributed by atoms with E-state index in [2.05, 4.69) is 6.58 Å². The van der Waals surface area contributed by atoms with Crippen molar-refractivity contribution in [1.82, 2.24) is 0 Å². The van der Waals surface area contributed by atoms with Gasteiger partial charge in [-0.1, -0.05) is 18.2 Å². The SMILES string of the molecule is C=C(OC(CCC(=O)O)CC(=O)c1ccc(F)cc1)c1ccc(Cl)cc1. The summed E-state index contributed by atoms with van der Waals surface area (Å²) in [5.74, 6) is -1.35. The van der Waals surface area contributed by atoms with Crippen molar-refractivity contribution in [1.29, 1.82) is 0 Å². The van der Waals surface area contributed by atoms with Gasteiger partial charge in [0, 0.05) is 29.0 Å². The van der Waals surface area contributed by atoms with Gasteiger partial charge >= 0.3 is 5.97 Å². The average Bonchev–Trinajstić information content (AvgIpc) is 2.60. The predicted octanol–water partition coefficient (Wildman–Crippen LogP) is 4.97. The first-order valence-electron chi connectivity index (χ1n) is 7.97. The summed E-state index contributed by atoms with van der Waals surface area (Å²) >= 11 is 5.85. The van der Waals surface area contributed by atoms with Crippen LogP contribution in [0.5, 0.6) is 0 Å². The third-order valence-corrected chi connectivity index (χ3v) is 3.99. The Bertz CT molecular complexity index is 725. The quantitative estimate of drug-likeness (QED) is 0.495. The number of hydrogen-bond donors (Lipinski definition) is 1. The second-order valence-corrected chi connectivity index (χ2v) is 6.17. The van der Waals surface area contributed by atoms with Crippen LogP contribution in [0.3, 0.4) is 0 Å². The van der Waals surface area contributed by atoms with Gasteiger partial charge in [-0.05, 0) is 55.0 Å². The Kier molecular flexibility index (Phi) is 6.92. The number of ketones is 1. The third-order valence-electron chi connectivity index (χ3n) is 3.73. The summed E-state index contributed by atoms with van der Waals surface area (Å²) in [6.45, 7) is 3.84. The fourth-order valence-corrected chi connectivity index (χ4v) is 2.48. The lowest BCUT2D eigenvalue weighted by Crippen LogP contribution is -2.19. The maximum atomic E-state index is 13.0. The molecule has 1 unspecified atom stereocenters. The molecular weight excluding hydrogens is 359 g/mol. The highest BCUT2D eigenvalue weighted by Gasteiger charge is 2.19. The van der Waals surface area contributed by atoms with Crippen LogP contribution in [0.15, 0.2) is 55.1 Å². The number of hydrogen-bond acceptors (Lipinski definition) is 3. The van der Waals surface area contributed by atoms with Crippen LogP contribution in [0.4, 0.5) is 4.39 Å². The number of carbonyl (C=O) groups is 2. The van der Waals surface area contributed by atoms with Crippen LogP contribution in [-0.2, 0) is 9.53 Å². The lowest BCUT2D eigenvalue weighted by molar-refractivity contribution is -0.137. The Morgan fingerprint density at radius 2 is 1.65 bits per heavy atom. The van der Waals surface area contributed by atoms with E-state index in [1.807, 2.05) is 0 Å². The highest BCUT2D eigenvalue weighted by molar-refractivity contribution is 6.30. The molecule has 0 radical (unpaired) electrons. The number of halogens is 2. The molecule has 0 aromatic heterocycles. The molecule has 6 heteroatoms. The Morgan fingerprint density at radius 3 is 2.23 bits per heavy atom. The molecule has 0 saturated carbocycles. The number of ether oxygens (including phenoxy) is 1. The van der Waals surface area contributed by atoms with Crippen molar-refractivity contribution < 1.29 is 23.8 Å². The number of aliphatic carboxylic acids is 1. The van der Waals surface area contributed by atoms with Crippen molar-refractivity contribution in [3.05, 3.63) is 77.1 Å². The van der Waals surface area contributed by atoms with Gasteiger partial charge < -0.3 is 9.84 Å². The molecule has 0 bridgehead atoms. The van der Waals surface area contributed by atoms with E-state index in [1.54, 1.807) is 24.3 Å². The number of benzene rings is 2. The maximum Gasteiger partial charge on any atom is 0.303 e. The van der Waals surface area contributed by atoms with E-state index >= 15 is 0 Å². The first kappa shape index (κ1) is 19.7. The summed E-state index contributed by atoms with van der Waals surface area (Å²) < 4.78 is 18.7. The Hall–Kier alpha value is -2.66. The Balaban J connectivity index is 2.07. The summed E-state index contributed by atoms with van der Waals surface area (Å²) in [5.41, 5.74) is 1.02. The Labute approximate surface area is 155 Å². The molecule has 4 nitrogen and oxygen atoms in total. The van der Waals surface area contributed by atoms with E-state index in [0.717, 1.165) is 0 Å². The molecule has 26 heavy (non-hydrogen) atoms. The second kappa shape index (κ2) is 9.15. The number of Topliss-reactive ketones (excluding diaryl/α,β-unsaturated/α-hetero) is 1. The largest absolute Gasteiger partial charge is 0.490 e. The molecule has 0 aliphatic heterocycles.